The molecule has 0 saturated carbocycles. The van der Waals surface area contributed by atoms with Crippen LogP contribution in [-0.4, -0.2) is 20.1 Å². The third-order valence-electron chi connectivity index (χ3n) is 3.17. The monoisotopic (exact) mass is 288 g/mol. The van der Waals surface area contributed by atoms with Crippen LogP contribution in [-0.2, 0) is 0 Å². The number of nitrogens with one attached hydrogen (secondary N) is 2. The highest BCUT2D eigenvalue weighted by atomic mass is 19.1. The molecular formula is C16H17FN2O2. The van der Waals surface area contributed by atoms with E-state index in [0.29, 0.717) is 11.3 Å². The number of halogens is 1. The molecule has 0 radical (unpaired) electrons. The average Bonchev–Trinajstić information content (AvgIpc) is 2.47. The first-order chi connectivity index (χ1) is 10.0. The maximum atomic E-state index is 13.6. The second kappa shape index (κ2) is 6.26. The van der Waals surface area contributed by atoms with Gasteiger partial charge in [-0.25, -0.2) is 4.39 Å². The largest absolute Gasteiger partial charge is 0.494 e. The molecule has 0 aliphatic carbocycles. The molecule has 1 amide bonds. The van der Waals surface area contributed by atoms with E-state index in [1.807, 2.05) is 20.0 Å². The van der Waals surface area contributed by atoms with E-state index in [4.69, 9.17) is 4.74 Å². The molecule has 110 valence electrons. The predicted molar refractivity (Wildman–Crippen MR) is 81.6 cm³/mol. The van der Waals surface area contributed by atoms with E-state index in [0.717, 1.165) is 11.3 Å². The number of hydrogen-bond acceptors (Lipinski definition) is 3. The molecule has 0 aliphatic rings. The highest BCUT2D eigenvalue weighted by molar-refractivity contribution is 6.04. The van der Waals surface area contributed by atoms with E-state index < -0.39 is 5.82 Å². The molecule has 0 atom stereocenters. The van der Waals surface area contributed by atoms with Crippen LogP contribution in [0.2, 0.25) is 0 Å². The van der Waals surface area contributed by atoms with E-state index in [1.165, 1.54) is 19.2 Å². The minimum Gasteiger partial charge on any atom is -0.494 e. The average molecular weight is 288 g/mol. The fourth-order valence-corrected chi connectivity index (χ4v) is 2.03. The van der Waals surface area contributed by atoms with Gasteiger partial charge in [0.25, 0.3) is 5.91 Å². The van der Waals surface area contributed by atoms with Gasteiger partial charge in [0.05, 0.1) is 7.11 Å². The Morgan fingerprint density at radius 2 is 1.95 bits per heavy atom. The molecule has 21 heavy (non-hydrogen) atoms. The van der Waals surface area contributed by atoms with E-state index in [2.05, 4.69) is 10.6 Å². The normalized spacial score (nSPS) is 10.1. The molecule has 0 spiro atoms. The van der Waals surface area contributed by atoms with Crippen molar-refractivity contribution in [3.8, 4) is 5.75 Å². The summed E-state index contributed by atoms with van der Waals surface area (Å²) in [6.07, 6.45) is 0. The van der Waals surface area contributed by atoms with E-state index in [1.54, 1.807) is 18.2 Å². The molecule has 0 aromatic heterocycles. The molecule has 4 nitrogen and oxygen atoms in total. The summed E-state index contributed by atoms with van der Waals surface area (Å²) in [5, 5.41) is 5.70. The molecule has 2 N–H and O–H groups in total. The van der Waals surface area contributed by atoms with Crippen LogP contribution in [0.1, 0.15) is 15.9 Å². The highest BCUT2D eigenvalue weighted by Crippen LogP contribution is 2.22. The van der Waals surface area contributed by atoms with Gasteiger partial charge in [-0.1, -0.05) is 0 Å². The number of aryl methyl sites for hydroxylation is 1. The van der Waals surface area contributed by atoms with Gasteiger partial charge in [0.2, 0.25) is 0 Å². The molecule has 5 heteroatoms. The van der Waals surface area contributed by atoms with Gasteiger partial charge in [-0.3, -0.25) is 4.79 Å². The van der Waals surface area contributed by atoms with Crippen LogP contribution in [0.3, 0.4) is 0 Å². The number of ether oxygens (including phenoxy) is 1. The van der Waals surface area contributed by atoms with Crippen molar-refractivity contribution in [1.82, 2.24) is 0 Å². The van der Waals surface area contributed by atoms with Gasteiger partial charge in [-0.15, -0.1) is 0 Å². The lowest BCUT2D eigenvalue weighted by Crippen LogP contribution is -2.12. The molecule has 0 aliphatic heterocycles. The van der Waals surface area contributed by atoms with Gasteiger partial charge in [0.1, 0.15) is 0 Å². The summed E-state index contributed by atoms with van der Waals surface area (Å²) in [6.45, 7) is 1.91. The summed E-state index contributed by atoms with van der Waals surface area (Å²) in [5.41, 5.74) is 2.82. The molecule has 2 rings (SSSR count). The van der Waals surface area contributed by atoms with Crippen molar-refractivity contribution < 1.29 is 13.9 Å². The third kappa shape index (κ3) is 3.31. The highest BCUT2D eigenvalue weighted by Gasteiger charge is 2.10. The quantitative estimate of drug-likeness (QED) is 0.906. The van der Waals surface area contributed by atoms with Gasteiger partial charge in [0.15, 0.2) is 11.6 Å². The summed E-state index contributed by atoms with van der Waals surface area (Å²) in [5.74, 6) is -0.662. The first kappa shape index (κ1) is 14.8. The fraction of sp³-hybridized carbons (Fsp3) is 0.188. The Bertz CT molecular complexity index is 671. The van der Waals surface area contributed by atoms with Crippen LogP contribution in [0.15, 0.2) is 36.4 Å². The summed E-state index contributed by atoms with van der Waals surface area (Å²) in [7, 11) is 3.21. The molecule has 0 bridgehead atoms. The second-order valence-corrected chi connectivity index (χ2v) is 4.58. The minimum atomic E-state index is -0.517. The number of carbonyl (C=O) groups is 1. The molecule has 2 aromatic carbocycles. The molecule has 0 unspecified atom stereocenters. The maximum absolute atomic E-state index is 13.6. The molecule has 0 saturated heterocycles. The first-order valence-corrected chi connectivity index (χ1v) is 6.48. The second-order valence-electron chi connectivity index (χ2n) is 4.58. The lowest BCUT2D eigenvalue weighted by molar-refractivity contribution is 0.102. The van der Waals surface area contributed by atoms with Crippen molar-refractivity contribution in [1.29, 1.82) is 0 Å². The van der Waals surface area contributed by atoms with E-state index in [-0.39, 0.29) is 11.7 Å². The maximum Gasteiger partial charge on any atom is 0.255 e. The van der Waals surface area contributed by atoms with Crippen LogP contribution in [0.25, 0.3) is 0 Å². The van der Waals surface area contributed by atoms with Crippen molar-refractivity contribution in [3.63, 3.8) is 0 Å². The minimum absolute atomic E-state index is 0.141. The number of methoxy groups -OCH3 is 1. The topological polar surface area (TPSA) is 50.4 Å². The standard InChI is InChI=1S/C16H17FN2O2/c1-10-8-11(4-6-14(10)18-2)16(20)19-12-5-7-15(21-3)13(17)9-12/h4-9,18H,1-3H3,(H,19,20). The Balaban J connectivity index is 2.18. The zero-order valence-corrected chi connectivity index (χ0v) is 12.2. The van der Waals surface area contributed by atoms with Crippen LogP contribution in [0, 0.1) is 12.7 Å². The Kier molecular flexibility index (Phi) is 4.42. The van der Waals surface area contributed by atoms with Crippen molar-refractivity contribution in [2.45, 2.75) is 6.92 Å². The lowest BCUT2D eigenvalue weighted by Gasteiger charge is -2.10. The van der Waals surface area contributed by atoms with Crippen molar-refractivity contribution >= 4 is 17.3 Å². The first-order valence-electron chi connectivity index (χ1n) is 6.48. The van der Waals surface area contributed by atoms with E-state index in [9.17, 15) is 9.18 Å². The number of carbonyl (C=O) groups excluding carboxylic acids is 1. The van der Waals surface area contributed by atoms with E-state index >= 15 is 0 Å². The lowest BCUT2D eigenvalue weighted by atomic mass is 10.1. The summed E-state index contributed by atoms with van der Waals surface area (Å²) in [6, 6.07) is 9.62. The van der Waals surface area contributed by atoms with Crippen molar-refractivity contribution in [3.05, 3.63) is 53.3 Å². The Morgan fingerprint density at radius 1 is 1.19 bits per heavy atom. The summed E-state index contributed by atoms with van der Waals surface area (Å²) in [4.78, 5) is 12.1. The number of rotatable bonds is 4. The Hall–Kier alpha value is -2.56. The van der Waals surface area contributed by atoms with Gasteiger partial charge >= 0.3 is 0 Å². The SMILES string of the molecule is CNc1ccc(C(=O)Nc2ccc(OC)c(F)c2)cc1C. The zero-order chi connectivity index (χ0) is 15.4. The summed E-state index contributed by atoms with van der Waals surface area (Å²) < 4.78 is 18.4. The molecule has 0 heterocycles. The van der Waals surface area contributed by atoms with Crippen molar-refractivity contribution in [2.75, 3.05) is 24.8 Å². The smallest absolute Gasteiger partial charge is 0.255 e. The predicted octanol–water partition coefficient (Wildman–Crippen LogP) is 3.44. The zero-order valence-electron chi connectivity index (χ0n) is 12.2. The van der Waals surface area contributed by atoms with Crippen LogP contribution >= 0.6 is 0 Å². The number of hydrogen-bond donors (Lipinski definition) is 2. The number of amides is 1. The molecule has 0 fully saturated rings. The third-order valence-corrected chi connectivity index (χ3v) is 3.17. The van der Waals surface area contributed by atoms with Crippen LogP contribution < -0.4 is 15.4 Å². The van der Waals surface area contributed by atoms with Gasteiger partial charge < -0.3 is 15.4 Å². The number of benzene rings is 2. The van der Waals surface area contributed by atoms with Crippen LogP contribution in [0.4, 0.5) is 15.8 Å². The number of anilines is 2. The van der Waals surface area contributed by atoms with Gasteiger partial charge in [-0.2, -0.15) is 0 Å². The van der Waals surface area contributed by atoms with Crippen molar-refractivity contribution in [2.24, 2.45) is 0 Å². The molecule has 2 aromatic rings. The Labute approximate surface area is 122 Å². The van der Waals surface area contributed by atoms with Gasteiger partial charge in [-0.05, 0) is 42.8 Å². The van der Waals surface area contributed by atoms with Gasteiger partial charge in [0, 0.05) is 30.1 Å². The molecular weight excluding hydrogens is 271 g/mol. The summed E-state index contributed by atoms with van der Waals surface area (Å²) >= 11 is 0. The Morgan fingerprint density at radius 3 is 2.52 bits per heavy atom. The van der Waals surface area contributed by atoms with Crippen LogP contribution in [0.5, 0.6) is 5.75 Å². The fourth-order valence-electron chi connectivity index (χ4n) is 2.03.